The van der Waals surface area contributed by atoms with Gasteiger partial charge in [0.25, 0.3) is 0 Å². The van der Waals surface area contributed by atoms with Crippen molar-refractivity contribution >= 4 is 0 Å². The zero-order valence-electron chi connectivity index (χ0n) is 11.0. The number of hydrogen-bond donors (Lipinski definition) is 1. The minimum atomic E-state index is 0.443. The molecule has 18 heavy (non-hydrogen) atoms. The largest absolute Gasteiger partial charge is 0.483 e. The van der Waals surface area contributed by atoms with E-state index in [-0.39, 0.29) is 0 Å². The van der Waals surface area contributed by atoms with Gasteiger partial charge in [-0.05, 0) is 25.5 Å². The molecular formula is C13H18N4O. The number of aryl methyl sites for hydroxylation is 2. The van der Waals surface area contributed by atoms with Crippen molar-refractivity contribution in [3.05, 3.63) is 41.0 Å². The predicted octanol–water partition coefficient (Wildman–Crippen LogP) is 1.47. The third-order valence-electron chi connectivity index (χ3n) is 2.93. The third kappa shape index (κ3) is 2.51. The summed E-state index contributed by atoms with van der Waals surface area (Å²) in [5.74, 6) is 0.835. The van der Waals surface area contributed by atoms with E-state index >= 15 is 0 Å². The molecule has 2 rings (SSSR count). The number of nitrogens with zero attached hydrogens (tertiary/aromatic N) is 3. The highest BCUT2D eigenvalue weighted by molar-refractivity contribution is 5.31. The monoisotopic (exact) mass is 246 g/mol. The molecule has 2 N–H and O–H groups in total. The van der Waals surface area contributed by atoms with Crippen LogP contribution in [0.1, 0.15) is 22.6 Å². The van der Waals surface area contributed by atoms with Gasteiger partial charge in [0.05, 0.1) is 11.4 Å². The van der Waals surface area contributed by atoms with E-state index in [0.29, 0.717) is 13.2 Å². The van der Waals surface area contributed by atoms with E-state index in [1.165, 1.54) is 0 Å². The topological polar surface area (TPSA) is 66.0 Å². The Balaban J connectivity index is 2.06. The summed E-state index contributed by atoms with van der Waals surface area (Å²) in [5, 5.41) is 4.30. The molecule has 5 nitrogen and oxygen atoms in total. The normalized spacial score (nSPS) is 10.7. The molecule has 0 aliphatic heterocycles. The van der Waals surface area contributed by atoms with Crippen molar-refractivity contribution in [1.82, 2.24) is 14.8 Å². The molecule has 0 spiro atoms. The molecule has 0 bridgehead atoms. The fourth-order valence-corrected chi connectivity index (χ4v) is 1.77. The Labute approximate surface area is 107 Å². The zero-order valence-corrected chi connectivity index (χ0v) is 11.0. The Morgan fingerprint density at radius 3 is 2.61 bits per heavy atom. The Morgan fingerprint density at radius 2 is 2.11 bits per heavy atom. The first kappa shape index (κ1) is 12.6. The Hall–Kier alpha value is -1.88. The molecule has 0 aromatic carbocycles. The lowest BCUT2D eigenvalue weighted by atomic mass is 10.2. The summed E-state index contributed by atoms with van der Waals surface area (Å²) in [6.45, 7) is 4.88. The third-order valence-corrected chi connectivity index (χ3v) is 2.93. The van der Waals surface area contributed by atoms with Gasteiger partial charge in [0.1, 0.15) is 12.3 Å². The standard InChI is InChI=1S/C13H18N4O/c1-9-13(10(2)17(3)16-9)18-8-12-5-4-11(6-14)7-15-12/h4-5,7H,6,8,14H2,1-3H3. The molecule has 5 heteroatoms. The summed E-state index contributed by atoms with van der Waals surface area (Å²) in [5.41, 5.74) is 9.35. The fourth-order valence-electron chi connectivity index (χ4n) is 1.77. The smallest absolute Gasteiger partial charge is 0.163 e. The molecule has 0 aliphatic rings. The average molecular weight is 246 g/mol. The van der Waals surface area contributed by atoms with Crippen molar-refractivity contribution in [2.24, 2.45) is 12.8 Å². The van der Waals surface area contributed by atoms with Crippen LogP contribution in [0.4, 0.5) is 0 Å². The molecule has 0 fully saturated rings. The lowest BCUT2D eigenvalue weighted by molar-refractivity contribution is 0.297. The van der Waals surface area contributed by atoms with E-state index in [1.807, 2.05) is 37.7 Å². The summed E-state index contributed by atoms with van der Waals surface area (Å²) in [6, 6.07) is 3.90. The van der Waals surface area contributed by atoms with E-state index in [4.69, 9.17) is 10.5 Å². The van der Waals surface area contributed by atoms with Crippen LogP contribution in [0.3, 0.4) is 0 Å². The van der Waals surface area contributed by atoms with E-state index in [1.54, 1.807) is 6.20 Å². The second-order valence-corrected chi connectivity index (χ2v) is 4.27. The minimum absolute atomic E-state index is 0.443. The second-order valence-electron chi connectivity index (χ2n) is 4.27. The van der Waals surface area contributed by atoms with Gasteiger partial charge >= 0.3 is 0 Å². The van der Waals surface area contributed by atoms with Crippen molar-refractivity contribution in [1.29, 1.82) is 0 Å². The fraction of sp³-hybridized carbons (Fsp3) is 0.385. The molecular weight excluding hydrogens is 228 g/mol. The van der Waals surface area contributed by atoms with Gasteiger partial charge in [0, 0.05) is 19.8 Å². The Morgan fingerprint density at radius 1 is 1.33 bits per heavy atom. The van der Waals surface area contributed by atoms with Gasteiger partial charge in [-0.15, -0.1) is 0 Å². The second kappa shape index (κ2) is 5.18. The zero-order chi connectivity index (χ0) is 13.1. The van der Waals surface area contributed by atoms with E-state index < -0.39 is 0 Å². The van der Waals surface area contributed by atoms with Crippen molar-refractivity contribution < 1.29 is 4.74 Å². The molecule has 0 radical (unpaired) electrons. The van der Waals surface area contributed by atoms with Crippen LogP contribution in [0.5, 0.6) is 5.75 Å². The average Bonchev–Trinajstić information content (AvgIpc) is 2.62. The van der Waals surface area contributed by atoms with Gasteiger partial charge < -0.3 is 10.5 Å². The molecule has 0 atom stereocenters. The molecule has 0 amide bonds. The first-order chi connectivity index (χ1) is 8.61. The quantitative estimate of drug-likeness (QED) is 0.887. The number of pyridine rings is 1. The lowest BCUT2D eigenvalue weighted by Gasteiger charge is -2.06. The van der Waals surface area contributed by atoms with Crippen LogP contribution in [0.2, 0.25) is 0 Å². The Bertz CT molecular complexity index is 531. The molecule has 96 valence electrons. The van der Waals surface area contributed by atoms with Crippen molar-refractivity contribution in [3.8, 4) is 5.75 Å². The Kier molecular flexibility index (Phi) is 3.62. The maximum absolute atomic E-state index is 5.77. The SMILES string of the molecule is Cc1nn(C)c(C)c1OCc1ccc(CN)cn1. The van der Waals surface area contributed by atoms with Crippen molar-refractivity contribution in [3.63, 3.8) is 0 Å². The molecule has 0 aliphatic carbocycles. The highest BCUT2D eigenvalue weighted by Gasteiger charge is 2.10. The van der Waals surface area contributed by atoms with Crippen LogP contribution in [-0.4, -0.2) is 14.8 Å². The van der Waals surface area contributed by atoms with Crippen molar-refractivity contribution in [2.75, 3.05) is 0 Å². The lowest BCUT2D eigenvalue weighted by Crippen LogP contribution is -2.02. The van der Waals surface area contributed by atoms with Crippen LogP contribution in [-0.2, 0) is 20.2 Å². The molecule has 2 heterocycles. The summed E-state index contributed by atoms with van der Waals surface area (Å²) in [7, 11) is 1.91. The van der Waals surface area contributed by atoms with Crippen LogP contribution in [0, 0.1) is 13.8 Å². The van der Waals surface area contributed by atoms with Gasteiger partial charge in [0.2, 0.25) is 0 Å². The number of hydrogen-bond acceptors (Lipinski definition) is 4. The molecule has 2 aromatic heterocycles. The van der Waals surface area contributed by atoms with Gasteiger partial charge in [-0.1, -0.05) is 6.07 Å². The first-order valence-electron chi connectivity index (χ1n) is 5.88. The summed E-state index contributed by atoms with van der Waals surface area (Å²) < 4.78 is 7.59. The number of rotatable bonds is 4. The molecule has 0 saturated carbocycles. The van der Waals surface area contributed by atoms with Crippen LogP contribution >= 0.6 is 0 Å². The van der Waals surface area contributed by atoms with Gasteiger partial charge in [-0.3, -0.25) is 9.67 Å². The van der Waals surface area contributed by atoms with Crippen LogP contribution < -0.4 is 10.5 Å². The maximum Gasteiger partial charge on any atom is 0.163 e. The summed E-state index contributed by atoms with van der Waals surface area (Å²) >= 11 is 0. The van der Waals surface area contributed by atoms with Crippen LogP contribution in [0.25, 0.3) is 0 Å². The molecule has 2 aromatic rings. The van der Waals surface area contributed by atoms with Crippen molar-refractivity contribution in [2.45, 2.75) is 27.0 Å². The number of aromatic nitrogens is 3. The number of ether oxygens (including phenoxy) is 1. The molecule has 0 saturated heterocycles. The highest BCUT2D eigenvalue weighted by atomic mass is 16.5. The number of nitrogens with two attached hydrogens (primary N) is 1. The highest BCUT2D eigenvalue weighted by Crippen LogP contribution is 2.22. The summed E-state index contributed by atoms with van der Waals surface area (Å²) in [4.78, 5) is 4.30. The minimum Gasteiger partial charge on any atom is -0.483 e. The maximum atomic E-state index is 5.77. The van der Waals surface area contributed by atoms with Gasteiger partial charge in [0.15, 0.2) is 5.75 Å². The molecule has 0 unspecified atom stereocenters. The van der Waals surface area contributed by atoms with E-state index in [0.717, 1.165) is 28.4 Å². The van der Waals surface area contributed by atoms with E-state index in [9.17, 15) is 0 Å². The van der Waals surface area contributed by atoms with E-state index in [2.05, 4.69) is 10.1 Å². The summed E-state index contributed by atoms with van der Waals surface area (Å²) in [6.07, 6.45) is 1.78. The van der Waals surface area contributed by atoms with Crippen LogP contribution in [0.15, 0.2) is 18.3 Å². The van der Waals surface area contributed by atoms with Gasteiger partial charge in [-0.25, -0.2) is 0 Å². The predicted molar refractivity (Wildman–Crippen MR) is 69.1 cm³/mol. The van der Waals surface area contributed by atoms with Gasteiger partial charge in [-0.2, -0.15) is 5.10 Å². The first-order valence-corrected chi connectivity index (χ1v) is 5.88.